The van der Waals surface area contributed by atoms with Gasteiger partial charge in [-0.05, 0) is 0 Å². The van der Waals surface area contributed by atoms with Crippen LogP contribution in [0, 0.1) is 0 Å². The molecule has 0 rings (SSSR count). The Labute approximate surface area is 123 Å². The van der Waals surface area contributed by atoms with Gasteiger partial charge in [0, 0.05) is 25.9 Å². The molecule has 120 valence electrons. The van der Waals surface area contributed by atoms with Gasteiger partial charge in [-0.15, -0.1) is 0 Å². The van der Waals surface area contributed by atoms with Gasteiger partial charge in [-0.1, -0.05) is 13.8 Å². The lowest BCUT2D eigenvalue weighted by Gasteiger charge is -2.25. The molecule has 8 heteroatoms. The number of aliphatic carboxylic acids is 2. The molecule has 0 heterocycles. The van der Waals surface area contributed by atoms with Crippen LogP contribution in [-0.2, 0) is 19.2 Å². The smallest absolute Gasteiger partial charge is 0.323 e. The SMILES string of the molecule is CCC(=O)CN(CCN(CC(=O)O)C(=O)CC)CC(=O)O. The van der Waals surface area contributed by atoms with Crippen molar-refractivity contribution in [2.75, 3.05) is 32.7 Å². The topological polar surface area (TPSA) is 115 Å². The molecule has 0 aromatic heterocycles. The number of nitrogens with zero attached hydrogens (tertiary/aromatic N) is 2. The summed E-state index contributed by atoms with van der Waals surface area (Å²) < 4.78 is 0. The second-order valence-electron chi connectivity index (χ2n) is 4.56. The van der Waals surface area contributed by atoms with E-state index >= 15 is 0 Å². The van der Waals surface area contributed by atoms with E-state index in [2.05, 4.69) is 0 Å². The monoisotopic (exact) mass is 302 g/mol. The quantitative estimate of drug-likeness (QED) is 0.537. The molecule has 21 heavy (non-hydrogen) atoms. The van der Waals surface area contributed by atoms with Gasteiger partial charge in [0.05, 0.1) is 13.1 Å². The maximum absolute atomic E-state index is 11.6. The van der Waals surface area contributed by atoms with Crippen LogP contribution in [0.3, 0.4) is 0 Å². The van der Waals surface area contributed by atoms with Gasteiger partial charge < -0.3 is 15.1 Å². The maximum Gasteiger partial charge on any atom is 0.323 e. The van der Waals surface area contributed by atoms with Crippen LogP contribution in [0.1, 0.15) is 26.7 Å². The first-order valence-electron chi connectivity index (χ1n) is 6.75. The van der Waals surface area contributed by atoms with E-state index < -0.39 is 18.5 Å². The Morgan fingerprint density at radius 1 is 0.810 bits per heavy atom. The standard InChI is InChI=1S/C13H22N2O6/c1-3-10(16)7-14(8-12(18)19)5-6-15(9-13(20)21)11(17)4-2/h3-9H2,1-2H3,(H,18,19)(H,20,21). The highest BCUT2D eigenvalue weighted by Crippen LogP contribution is 1.98. The number of hydrogen-bond donors (Lipinski definition) is 2. The Morgan fingerprint density at radius 2 is 1.38 bits per heavy atom. The molecular formula is C13H22N2O6. The Balaban J connectivity index is 4.64. The number of carboxylic acid groups (broad SMARTS) is 2. The Morgan fingerprint density at radius 3 is 1.81 bits per heavy atom. The summed E-state index contributed by atoms with van der Waals surface area (Å²) in [6.45, 7) is 2.72. The number of hydrogen-bond acceptors (Lipinski definition) is 5. The van der Waals surface area contributed by atoms with Crippen LogP contribution in [-0.4, -0.2) is 76.4 Å². The molecular weight excluding hydrogens is 280 g/mol. The van der Waals surface area contributed by atoms with Crippen LogP contribution in [0.4, 0.5) is 0 Å². The van der Waals surface area contributed by atoms with E-state index in [0.29, 0.717) is 6.42 Å². The second-order valence-corrected chi connectivity index (χ2v) is 4.56. The van der Waals surface area contributed by atoms with Crippen molar-refractivity contribution in [2.45, 2.75) is 26.7 Å². The molecule has 0 aliphatic heterocycles. The van der Waals surface area contributed by atoms with E-state index in [0.717, 1.165) is 4.90 Å². The number of Topliss-reactive ketones (excluding diaryl/α,β-unsaturated/α-hetero) is 1. The highest BCUT2D eigenvalue weighted by Gasteiger charge is 2.18. The van der Waals surface area contributed by atoms with Crippen molar-refractivity contribution in [1.82, 2.24) is 9.80 Å². The molecule has 8 nitrogen and oxygen atoms in total. The van der Waals surface area contributed by atoms with Gasteiger partial charge in [-0.25, -0.2) is 0 Å². The Hall–Kier alpha value is -1.96. The van der Waals surface area contributed by atoms with Crippen LogP contribution in [0.2, 0.25) is 0 Å². The fourth-order valence-electron chi connectivity index (χ4n) is 1.71. The van der Waals surface area contributed by atoms with Gasteiger partial charge in [0.1, 0.15) is 12.3 Å². The lowest BCUT2D eigenvalue weighted by molar-refractivity contribution is -0.145. The number of ketones is 1. The minimum absolute atomic E-state index is 0.0238. The Bertz CT molecular complexity index is 396. The first-order chi connectivity index (χ1) is 9.79. The number of carbonyl (C=O) groups excluding carboxylic acids is 2. The van der Waals surface area contributed by atoms with E-state index in [4.69, 9.17) is 10.2 Å². The fraction of sp³-hybridized carbons (Fsp3) is 0.692. The zero-order chi connectivity index (χ0) is 16.4. The van der Waals surface area contributed by atoms with Crippen molar-refractivity contribution in [3.8, 4) is 0 Å². The predicted molar refractivity (Wildman–Crippen MR) is 73.9 cm³/mol. The minimum atomic E-state index is -1.13. The zero-order valence-corrected chi connectivity index (χ0v) is 12.4. The van der Waals surface area contributed by atoms with E-state index in [1.807, 2.05) is 0 Å². The summed E-state index contributed by atoms with van der Waals surface area (Å²) in [4.78, 5) is 47.1. The lowest BCUT2D eigenvalue weighted by atomic mass is 10.2. The average Bonchev–Trinajstić information content (AvgIpc) is 2.40. The number of carboxylic acids is 2. The highest BCUT2D eigenvalue weighted by molar-refractivity contribution is 5.81. The van der Waals surface area contributed by atoms with Crippen molar-refractivity contribution in [3.63, 3.8) is 0 Å². The van der Waals surface area contributed by atoms with Crippen LogP contribution >= 0.6 is 0 Å². The van der Waals surface area contributed by atoms with Gasteiger partial charge in [0.2, 0.25) is 5.91 Å². The molecule has 0 aliphatic rings. The average molecular weight is 302 g/mol. The summed E-state index contributed by atoms with van der Waals surface area (Å²) >= 11 is 0. The molecule has 0 spiro atoms. The molecule has 0 bridgehead atoms. The number of carbonyl (C=O) groups is 4. The van der Waals surface area contributed by atoms with E-state index in [9.17, 15) is 19.2 Å². The molecule has 2 N–H and O–H groups in total. The highest BCUT2D eigenvalue weighted by atomic mass is 16.4. The van der Waals surface area contributed by atoms with Crippen LogP contribution in [0.15, 0.2) is 0 Å². The Kier molecular flexibility index (Phi) is 8.95. The van der Waals surface area contributed by atoms with Crippen molar-refractivity contribution in [1.29, 1.82) is 0 Å². The molecule has 0 aromatic carbocycles. The predicted octanol–water partition coefficient (Wildman–Crippen LogP) is -0.325. The van der Waals surface area contributed by atoms with Gasteiger partial charge in [-0.2, -0.15) is 0 Å². The lowest BCUT2D eigenvalue weighted by Crippen LogP contribution is -2.43. The van der Waals surface area contributed by atoms with Crippen molar-refractivity contribution in [2.24, 2.45) is 0 Å². The fourth-order valence-corrected chi connectivity index (χ4v) is 1.71. The molecule has 1 amide bonds. The van der Waals surface area contributed by atoms with E-state index in [-0.39, 0.29) is 44.3 Å². The molecule has 0 aromatic rings. The largest absolute Gasteiger partial charge is 0.480 e. The summed E-state index contributed by atoms with van der Waals surface area (Å²) in [5.74, 6) is -2.64. The summed E-state index contributed by atoms with van der Waals surface area (Å²) in [5, 5.41) is 17.6. The molecule has 0 saturated carbocycles. The van der Waals surface area contributed by atoms with Gasteiger partial charge in [0.25, 0.3) is 0 Å². The first-order valence-corrected chi connectivity index (χ1v) is 6.75. The van der Waals surface area contributed by atoms with E-state index in [1.165, 1.54) is 4.90 Å². The zero-order valence-electron chi connectivity index (χ0n) is 12.4. The summed E-state index contributed by atoms with van der Waals surface area (Å²) in [5.41, 5.74) is 0. The maximum atomic E-state index is 11.6. The third-order valence-electron chi connectivity index (χ3n) is 2.82. The van der Waals surface area contributed by atoms with Crippen molar-refractivity contribution >= 4 is 23.6 Å². The molecule has 0 atom stereocenters. The third-order valence-corrected chi connectivity index (χ3v) is 2.82. The molecule has 0 fully saturated rings. The summed E-state index contributed by atoms with van der Waals surface area (Å²) in [7, 11) is 0. The van der Waals surface area contributed by atoms with Gasteiger partial charge in [0.15, 0.2) is 0 Å². The molecule has 0 saturated heterocycles. The van der Waals surface area contributed by atoms with Crippen LogP contribution in [0.25, 0.3) is 0 Å². The molecule has 0 radical (unpaired) electrons. The van der Waals surface area contributed by atoms with Crippen molar-refractivity contribution in [3.05, 3.63) is 0 Å². The molecule has 0 unspecified atom stereocenters. The van der Waals surface area contributed by atoms with Crippen LogP contribution < -0.4 is 0 Å². The second kappa shape index (κ2) is 9.87. The number of rotatable bonds is 11. The third kappa shape index (κ3) is 8.74. The van der Waals surface area contributed by atoms with Gasteiger partial charge in [-0.3, -0.25) is 24.1 Å². The molecule has 0 aliphatic carbocycles. The van der Waals surface area contributed by atoms with E-state index in [1.54, 1.807) is 13.8 Å². The summed E-state index contributed by atoms with van der Waals surface area (Å²) in [6, 6.07) is 0. The summed E-state index contributed by atoms with van der Waals surface area (Å²) in [6.07, 6.45) is 0.461. The van der Waals surface area contributed by atoms with Crippen LogP contribution in [0.5, 0.6) is 0 Å². The number of amides is 1. The van der Waals surface area contributed by atoms with Crippen molar-refractivity contribution < 1.29 is 29.4 Å². The van der Waals surface area contributed by atoms with Gasteiger partial charge >= 0.3 is 11.9 Å². The first kappa shape index (κ1) is 19.0. The normalized spacial score (nSPS) is 10.4. The minimum Gasteiger partial charge on any atom is -0.480 e.